The molecular formula is C15H17NO2S. The van der Waals surface area contributed by atoms with Crippen LogP contribution in [0.15, 0.2) is 34.4 Å². The Bertz CT molecular complexity index is 641. The summed E-state index contributed by atoms with van der Waals surface area (Å²) in [7, 11) is 0. The Kier molecular flexibility index (Phi) is 4.00. The monoisotopic (exact) mass is 275 g/mol. The van der Waals surface area contributed by atoms with Gasteiger partial charge in [0.15, 0.2) is 5.78 Å². The molecule has 0 spiro atoms. The van der Waals surface area contributed by atoms with Gasteiger partial charge in [0.2, 0.25) is 0 Å². The standard InChI is InChI=1S/C15H17NO2S/c1-4-10(2)16-13(14-6-5-9-19-14)8-7-12(11(3)17)15(16)18/h5-10H,4H2,1-3H3. The van der Waals surface area contributed by atoms with Crippen LogP contribution in [0, 0.1) is 0 Å². The SMILES string of the molecule is CCC(C)n1c(-c2cccs2)ccc(C(C)=O)c1=O. The van der Waals surface area contributed by atoms with Crippen LogP contribution >= 0.6 is 11.3 Å². The predicted molar refractivity (Wildman–Crippen MR) is 79.0 cm³/mol. The lowest BCUT2D eigenvalue weighted by molar-refractivity contribution is 0.101. The van der Waals surface area contributed by atoms with Gasteiger partial charge in [-0.15, -0.1) is 11.3 Å². The quantitative estimate of drug-likeness (QED) is 0.797. The molecule has 2 rings (SSSR count). The van der Waals surface area contributed by atoms with Crippen molar-refractivity contribution in [3.8, 4) is 10.6 Å². The highest BCUT2D eigenvalue weighted by Gasteiger charge is 2.16. The van der Waals surface area contributed by atoms with Gasteiger partial charge in [0.05, 0.1) is 16.1 Å². The van der Waals surface area contributed by atoms with E-state index in [0.29, 0.717) is 0 Å². The minimum atomic E-state index is -0.187. The predicted octanol–water partition coefficient (Wildman–Crippen LogP) is 3.75. The lowest BCUT2D eigenvalue weighted by atomic mass is 10.1. The van der Waals surface area contributed by atoms with Gasteiger partial charge < -0.3 is 4.57 Å². The van der Waals surface area contributed by atoms with Crippen LogP contribution in [0.25, 0.3) is 10.6 Å². The molecule has 0 radical (unpaired) electrons. The van der Waals surface area contributed by atoms with E-state index in [0.717, 1.165) is 17.0 Å². The first-order valence-corrected chi connectivity index (χ1v) is 7.24. The summed E-state index contributed by atoms with van der Waals surface area (Å²) in [6, 6.07) is 7.54. The van der Waals surface area contributed by atoms with Crippen molar-refractivity contribution >= 4 is 17.1 Å². The molecule has 0 N–H and O–H groups in total. The number of thiophene rings is 1. The molecule has 4 heteroatoms. The van der Waals surface area contributed by atoms with Gasteiger partial charge in [0.1, 0.15) is 0 Å². The Hall–Kier alpha value is -1.68. The largest absolute Gasteiger partial charge is 0.304 e. The molecule has 0 aromatic carbocycles. The number of pyridine rings is 1. The summed E-state index contributed by atoms with van der Waals surface area (Å²) >= 11 is 1.60. The lowest BCUT2D eigenvalue weighted by Crippen LogP contribution is -2.28. The number of Topliss-reactive ketones (excluding diaryl/α,β-unsaturated/α-hetero) is 1. The molecule has 19 heavy (non-hydrogen) atoms. The molecule has 0 aliphatic carbocycles. The third-order valence-electron chi connectivity index (χ3n) is 3.30. The summed E-state index contributed by atoms with van der Waals surface area (Å²) < 4.78 is 1.74. The van der Waals surface area contributed by atoms with E-state index in [1.807, 2.05) is 37.4 Å². The minimum Gasteiger partial charge on any atom is -0.304 e. The molecule has 0 bridgehead atoms. The van der Waals surface area contributed by atoms with E-state index in [-0.39, 0.29) is 22.9 Å². The maximum Gasteiger partial charge on any atom is 0.262 e. The number of nitrogens with zero attached hydrogens (tertiary/aromatic N) is 1. The van der Waals surface area contributed by atoms with E-state index < -0.39 is 0 Å². The fraction of sp³-hybridized carbons (Fsp3) is 0.333. The van der Waals surface area contributed by atoms with E-state index in [1.165, 1.54) is 6.92 Å². The molecule has 0 aliphatic rings. The van der Waals surface area contributed by atoms with Crippen molar-refractivity contribution in [1.82, 2.24) is 4.57 Å². The van der Waals surface area contributed by atoms with E-state index >= 15 is 0 Å². The van der Waals surface area contributed by atoms with Crippen LogP contribution < -0.4 is 5.56 Å². The Balaban J connectivity index is 2.72. The Morgan fingerprint density at radius 3 is 2.63 bits per heavy atom. The van der Waals surface area contributed by atoms with Crippen LogP contribution in [0.1, 0.15) is 43.6 Å². The third kappa shape index (κ3) is 2.54. The maximum absolute atomic E-state index is 12.5. The van der Waals surface area contributed by atoms with Crippen LogP contribution in [0.3, 0.4) is 0 Å². The maximum atomic E-state index is 12.5. The van der Waals surface area contributed by atoms with Crippen molar-refractivity contribution in [2.24, 2.45) is 0 Å². The van der Waals surface area contributed by atoms with Crippen LogP contribution in [0.2, 0.25) is 0 Å². The van der Waals surface area contributed by atoms with Gasteiger partial charge in [-0.1, -0.05) is 13.0 Å². The molecule has 3 nitrogen and oxygen atoms in total. The molecule has 2 aromatic heterocycles. The average Bonchev–Trinajstić information content (AvgIpc) is 2.90. The first-order valence-electron chi connectivity index (χ1n) is 6.36. The highest BCUT2D eigenvalue weighted by atomic mass is 32.1. The van der Waals surface area contributed by atoms with Crippen molar-refractivity contribution in [2.45, 2.75) is 33.2 Å². The van der Waals surface area contributed by atoms with Gasteiger partial charge in [0, 0.05) is 6.04 Å². The van der Waals surface area contributed by atoms with Crippen molar-refractivity contribution in [2.75, 3.05) is 0 Å². The summed E-state index contributed by atoms with van der Waals surface area (Å²) in [5, 5.41) is 1.99. The molecular weight excluding hydrogens is 258 g/mol. The second kappa shape index (κ2) is 5.53. The van der Waals surface area contributed by atoms with Crippen molar-refractivity contribution < 1.29 is 4.79 Å². The van der Waals surface area contributed by atoms with Crippen LogP contribution in [-0.4, -0.2) is 10.4 Å². The number of aromatic nitrogens is 1. The summed E-state index contributed by atoms with van der Waals surface area (Å²) in [6.07, 6.45) is 0.847. The molecule has 0 amide bonds. The zero-order valence-electron chi connectivity index (χ0n) is 11.3. The summed E-state index contributed by atoms with van der Waals surface area (Å²) in [4.78, 5) is 25.0. The number of rotatable bonds is 4. The second-order valence-electron chi connectivity index (χ2n) is 4.60. The Labute approximate surface area is 116 Å². The Morgan fingerprint density at radius 1 is 1.37 bits per heavy atom. The highest BCUT2D eigenvalue weighted by Crippen LogP contribution is 2.26. The molecule has 0 aliphatic heterocycles. The zero-order chi connectivity index (χ0) is 14.0. The Morgan fingerprint density at radius 2 is 2.11 bits per heavy atom. The van der Waals surface area contributed by atoms with Crippen LogP contribution in [0.4, 0.5) is 0 Å². The molecule has 2 aromatic rings. The van der Waals surface area contributed by atoms with Crippen molar-refractivity contribution in [3.05, 3.63) is 45.6 Å². The molecule has 100 valence electrons. The first-order chi connectivity index (χ1) is 9.06. The molecule has 1 unspecified atom stereocenters. The number of ketones is 1. The molecule has 1 atom stereocenters. The zero-order valence-corrected chi connectivity index (χ0v) is 12.2. The number of hydrogen-bond donors (Lipinski definition) is 0. The van der Waals surface area contributed by atoms with Gasteiger partial charge in [-0.25, -0.2) is 0 Å². The number of carbonyl (C=O) groups excluding carboxylic acids is 1. The van der Waals surface area contributed by atoms with Gasteiger partial charge in [-0.05, 0) is 43.8 Å². The van der Waals surface area contributed by atoms with Gasteiger partial charge >= 0.3 is 0 Å². The average molecular weight is 275 g/mol. The number of hydrogen-bond acceptors (Lipinski definition) is 3. The molecule has 0 saturated carbocycles. The van der Waals surface area contributed by atoms with E-state index in [2.05, 4.69) is 0 Å². The molecule has 2 heterocycles. The van der Waals surface area contributed by atoms with Gasteiger partial charge in [0.25, 0.3) is 5.56 Å². The normalized spacial score (nSPS) is 12.4. The van der Waals surface area contributed by atoms with Gasteiger partial charge in [-0.2, -0.15) is 0 Å². The highest BCUT2D eigenvalue weighted by molar-refractivity contribution is 7.13. The molecule has 0 fully saturated rings. The fourth-order valence-corrected chi connectivity index (χ4v) is 2.81. The van der Waals surface area contributed by atoms with E-state index in [1.54, 1.807) is 22.0 Å². The summed E-state index contributed by atoms with van der Waals surface area (Å²) in [6.45, 7) is 5.47. The van der Waals surface area contributed by atoms with Crippen molar-refractivity contribution in [3.63, 3.8) is 0 Å². The number of carbonyl (C=O) groups is 1. The summed E-state index contributed by atoms with van der Waals surface area (Å²) in [5.41, 5.74) is 0.965. The summed E-state index contributed by atoms with van der Waals surface area (Å²) in [5.74, 6) is -0.181. The topological polar surface area (TPSA) is 39.1 Å². The minimum absolute atomic E-state index is 0.0731. The molecule has 0 saturated heterocycles. The second-order valence-corrected chi connectivity index (χ2v) is 5.55. The van der Waals surface area contributed by atoms with Gasteiger partial charge in [-0.3, -0.25) is 9.59 Å². The van der Waals surface area contributed by atoms with Crippen LogP contribution in [0.5, 0.6) is 0 Å². The fourth-order valence-electron chi connectivity index (χ4n) is 2.07. The van der Waals surface area contributed by atoms with E-state index in [9.17, 15) is 9.59 Å². The lowest BCUT2D eigenvalue weighted by Gasteiger charge is -2.18. The van der Waals surface area contributed by atoms with E-state index in [4.69, 9.17) is 0 Å². The smallest absolute Gasteiger partial charge is 0.262 e. The first kappa shape index (κ1) is 13.7. The van der Waals surface area contributed by atoms with Crippen molar-refractivity contribution in [1.29, 1.82) is 0 Å². The third-order valence-corrected chi connectivity index (χ3v) is 4.19. The van der Waals surface area contributed by atoms with Crippen LogP contribution in [-0.2, 0) is 0 Å².